The molecular weight excluding hydrogens is 242 g/mol. The minimum Gasteiger partial charge on any atom is -0.281 e. The summed E-state index contributed by atoms with van der Waals surface area (Å²) >= 11 is 5.94. The first kappa shape index (κ1) is 11.5. The van der Waals surface area contributed by atoms with Gasteiger partial charge in [0.2, 0.25) is 0 Å². The van der Waals surface area contributed by atoms with Gasteiger partial charge in [-0.05, 0) is 35.7 Å². The lowest BCUT2D eigenvalue weighted by Gasteiger charge is -2.30. The number of aliphatic imine (C=N–C) groups is 1. The summed E-state index contributed by atoms with van der Waals surface area (Å²) in [4.78, 5) is 4.73. The van der Waals surface area contributed by atoms with Crippen LogP contribution in [0.1, 0.15) is 23.6 Å². The van der Waals surface area contributed by atoms with Crippen molar-refractivity contribution in [3.8, 4) is 0 Å². The van der Waals surface area contributed by atoms with Crippen LogP contribution in [0.3, 0.4) is 0 Å². The van der Waals surface area contributed by atoms with E-state index in [-0.39, 0.29) is 5.54 Å². The first-order valence-corrected chi connectivity index (χ1v) is 6.44. The molecule has 0 N–H and O–H groups in total. The van der Waals surface area contributed by atoms with Gasteiger partial charge < -0.3 is 0 Å². The van der Waals surface area contributed by atoms with Crippen LogP contribution in [0.5, 0.6) is 0 Å². The summed E-state index contributed by atoms with van der Waals surface area (Å²) in [6.45, 7) is 2.17. The molecule has 0 saturated carbocycles. The third-order valence-corrected chi connectivity index (χ3v) is 3.80. The van der Waals surface area contributed by atoms with Gasteiger partial charge in [-0.15, -0.1) is 0 Å². The van der Waals surface area contributed by atoms with E-state index in [1.165, 1.54) is 16.7 Å². The molecule has 0 aliphatic carbocycles. The van der Waals surface area contributed by atoms with Crippen molar-refractivity contribution in [3.63, 3.8) is 0 Å². The second kappa shape index (κ2) is 4.25. The van der Waals surface area contributed by atoms with Crippen LogP contribution in [0, 0.1) is 0 Å². The van der Waals surface area contributed by atoms with E-state index in [0.717, 1.165) is 11.4 Å². The van der Waals surface area contributed by atoms with Gasteiger partial charge in [-0.3, -0.25) is 4.99 Å². The number of fused-ring (bicyclic) bond motifs is 1. The number of hydrogen-bond donors (Lipinski definition) is 0. The maximum atomic E-state index is 5.94. The molecule has 3 rings (SSSR count). The predicted molar refractivity (Wildman–Crippen MR) is 76.5 cm³/mol. The maximum Gasteiger partial charge on any atom is 0.0869 e. The number of hydrogen-bond acceptors (Lipinski definition) is 1. The molecule has 1 atom stereocenters. The van der Waals surface area contributed by atoms with Crippen molar-refractivity contribution in [1.82, 2.24) is 0 Å². The molecule has 2 aromatic rings. The molecule has 0 spiro atoms. The van der Waals surface area contributed by atoms with Crippen molar-refractivity contribution >= 4 is 17.8 Å². The Labute approximate surface area is 112 Å². The second-order valence-electron chi connectivity index (χ2n) is 4.91. The standard InChI is InChI=1S/C16H14ClN/c1-16(14-6-8-15(17)9-7-14)10-12-4-2-3-5-13(12)11-18-16/h2-9,11H,10H2,1H3. The molecule has 2 aromatic carbocycles. The van der Waals surface area contributed by atoms with Crippen LogP contribution in [0.15, 0.2) is 53.5 Å². The van der Waals surface area contributed by atoms with Gasteiger partial charge in [0.05, 0.1) is 5.54 Å². The molecule has 2 heteroatoms. The Hall–Kier alpha value is -1.60. The summed E-state index contributed by atoms with van der Waals surface area (Å²) in [6, 6.07) is 16.4. The Kier molecular flexibility index (Phi) is 2.71. The topological polar surface area (TPSA) is 12.4 Å². The lowest BCUT2D eigenvalue weighted by Crippen LogP contribution is -2.26. The molecular formula is C16H14ClN. The van der Waals surface area contributed by atoms with E-state index in [1.54, 1.807) is 0 Å². The van der Waals surface area contributed by atoms with E-state index in [4.69, 9.17) is 16.6 Å². The highest BCUT2D eigenvalue weighted by atomic mass is 35.5. The molecule has 1 heterocycles. The highest BCUT2D eigenvalue weighted by Gasteiger charge is 2.28. The SMILES string of the molecule is CC1(c2ccc(Cl)cc2)Cc2ccccc2C=N1. The molecule has 1 aliphatic heterocycles. The van der Waals surface area contributed by atoms with E-state index in [0.29, 0.717) is 0 Å². The van der Waals surface area contributed by atoms with Gasteiger partial charge in [-0.2, -0.15) is 0 Å². The van der Waals surface area contributed by atoms with Crippen molar-refractivity contribution in [2.24, 2.45) is 4.99 Å². The first-order chi connectivity index (χ1) is 8.67. The fourth-order valence-electron chi connectivity index (χ4n) is 2.44. The maximum absolute atomic E-state index is 5.94. The Morgan fingerprint density at radius 1 is 1.06 bits per heavy atom. The largest absolute Gasteiger partial charge is 0.281 e. The minimum absolute atomic E-state index is 0.182. The van der Waals surface area contributed by atoms with Crippen molar-refractivity contribution < 1.29 is 0 Å². The van der Waals surface area contributed by atoms with E-state index in [1.807, 2.05) is 18.3 Å². The zero-order valence-corrected chi connectivity index (χ0v) is 11.0. The third kappa shape index (κ3) is 1.95. The average Bonchev–Trinajstić information content (AvgIpc) is 2.39. The zero-order chi connectivity index (χ0) is 12.6. The van der Waals surface area contributed by atoms with Crippen molar-refractivity contribution in [3.05, 3.63) is 70.2 Å². The summed E-state index contributed by atoms with van der Waals surface area (Å²) in [7, 11) is 0. The highest BCUT2D eigenvalue weighted by molar-refractivity contribution is 6.30. The van der Waals surface area contributed by atoms with Crippen molar-refractivity contribution in [2.45, 2.75) is 18.9 Å². The van der Waals surface area contributed by atoms with Gasteiger partial charge in [0.1, 0.15) is 0 Å². The average molecular weight is 256 g/mol. The Morgan fingerprint density at radius 3 is 2.56 bits per heavy atom. The van der Waals surface area contributed by atoms with Crippen LogP contribution < -0.4 is 0 Å². The number of nitrogens with zero attached hydrogens (tertiary/aromatic N) is 1. The van der Waals surface area contributed by atoms with Gasteiger partial charge in [-0.1, -0.05) is 48.0 Å². The van der Waals surface area contributed by atoms with E-state index >= 15 is 0 Å². The second-order valence-corrected chi connectivity index (χ2v) is 5.35. The quantitative estimate of drug-likeness (QED) is 0.723. The van der Waals surface area contributed by atoms with Crippen LogP contribution in [-0.2, 0) is 12.0 Å². The Morgan fingerprint density at radius 2 is 1.78 bits per heavy atom. The lowest BCUT2D eigenvalue weighted by atomic mass is 9.83. The lowest BCUT2D eigenvalue weighted by molar-refractivity contribution is 0.491. The molecule has 90 valence electrons. The summed E-state index contributed by atoms with van der Waals surface area (Å²) < 4.78 is 0. The molecule has 0 saturated heterocycles. The van der Waals surface area contributed by atoms with Crippen LogP contribution >= 0.6 is 11.6 Å². The first-order valence-electron chi connectivity index (χ1n) is 6.07. The van der Waals surface area contributed by atoms with Crippen molar-refractivity contribution in [1.29, 1.82) is 0 Å². The normalized spacial score (nSPS) is 21.7. The summed E-state index contributed by atoms with van der Waals surface area (Å²) in [5, 5.41) is 0.766. The molecule has 0 bridgehead atoms. The molecule has 18 heavy (non-hydrogen) atoms. The third-order valence-electron chi connectivity index (χ3n) is 3.54. The van der Waals surface area contributed by atoms with E-state index < -0.39 is 0 Å². The molecule has 1 aliphatic rings. The summed E-state index contributed by atoms with van der Waals surface area (Å²) in [5.41, 5.74) is 3.60. The fourth-order valence-corrected chi connectivity index (χ4v) is 2.56. The number of halogens is 1. The molecule has 0 radical (unpaired) electrons. The molecule has 1 nitrogen and oxygen atoms in total. The Balaban J connectivity index is 2.02. The highest BCUT2D eigenvalue weighted by Crippen LogP contribution is 2.34. The van der Waals surface area contributed by atoms with Gasteiger partial charge >= 0.3 is 0 Å². The predicted octanol–water partition coefficient (Wildman–Crippen LogP) is 4.23. The Bertz CT molecular complexity index is 601. The zero-order valence-electron chi connectivity index (χ0n) is 10.2. The monoisotopic (exact) mass is 255 g/mol. The fraction of sp³-hybridized carbons (Fsp3) is 0.188. The summed E-state index contributed by atoms with van der Waals surface area (Å²) in [6.07, 6.45) is 2.91. The van der Waals surface area contributed by atoms with E-state index in [9.17, 15) is 0 Å². The number of benzene rings is 2. The summed E-state index contributed by atoms with van der Waals surface area (Å²) in [5.74, 6) is 0. The van der Waals surface area contributed by atoms with Crippen LogP contribution in [-0.4, -0.2) is 6.21 Å². The molecule has 1 unspecified atom stereocenters. The number of rotatable bonds is 1. The van der Waals surface area contributed by atoms with Crippen LogP contribution in [0.2, 0.25) is 5.02 Å². The van der Waals surface area contributed by atoms with Gasteiger partial charge in [0.15, 0.2) is 0 Å². The van der Waals surface area contributed by atoms with Crippen LogP contribution in [0.25, 0.3) is 0 Å². The van der Waals surface area contributed by atoms with Gasteiger partial charge in [0.25, 0.3) is 0 Å². The minimum atomic E-state index is -0.182. The molecule has 0 fully saturated rings. The molecule has 0 amide bonds. The van der Waals surface area contributed by atoms with E-state index in [2.05, 4.69) is 43.3 Å². The van der Waals surface area contributed by atoms with Gasteiger partial charge in [-0.25, -0.2) is 0 Å². The molecule has 0 aromatic heterocycles. The van der Waals surface area contributed by atoms with Gasteiger partial charge in [0, 0.05) is 17.7 Å². The van der Waals surface area contributed by atoms with Crippen LogP contribution in [0.4, 0.5) is 0 Å². The van der Waals surface area contributed by atoms with Crippen molar-refractivity contribution in [2.75, 3.05) is 0 Å². The smallest absolute Gasteiger partial charge is 0.0869 e.